The number of hydrogen-bond donors (Lipinski definition) is 0. The average Bonchev–Trinajstić information content (AvgIpc) is 3.18. The Kier molecular flexibility index (Phi) is 4.61. The number of aromatic nitrogens is 3. The van der Waals surface area contributed by atoms with E-state index in [1.165, 1.54) is 36.1 Å². The molecule has 1 aromatic carbocycles. The molecule has 128 valence electrons. The van der Waals surface area contributed by atoms with E-state index >= 15 is 0 Å². The Hall–Kier alpha value is -2.46. The maximum absolute atomic E-state index is 4.71. The van der Waals surface area contributed by atoms with E-state index in [2.05, 4.69) is 47.3 Å². The van der Waals surface area contributed by atoms with E-state index in [0.29, 0.717) is 6.04 Å². The Morgan fingerprint density at radius 2 is 1.96 bits per heavy atom. The van der Waals surface area contributed by atoms with Crippen LogP contribution >= 0.6 is 0 Å². The van der Waals surface area contributed by atoms with Gasteiger partial charge in [0.2, 0.25) is 0 Å². The minimum Gasteiger partial charge on any atom is -0.290 e. The summed E-state index contributed by atoms with van der Waals surface area (Å²) >= 11 is 0. The van der Waals surface area contributed by atoms with E-state index in [9.17, 15) is 0 Å². The molecule has 0 aliphatic carbocycles. The van der Waals surface area contributed by atoms with Gasteiger partial charge in [0.25, 0.3) is 0 Å². The van der Waals surface area contributed by atoms with Crippen molar-refractivity contribution < 1.29 is 0 Å². The second-order valence-corrected chi connectivity index (χ2v) is 6.77. The lowest BCUT2D eigenvalue weighted by Crippen LogP contribution is -2.34. The molecule has 2 aromatic heterocycles. The zero-order chi connectivity index (χ0) is 17.1. The van der Waals surface area contributed by atoms with Crippen LogP contribution in [0.5, 0.6) is 0 Å². The van der Waals surface area contributed by atoms with Crippen molar-refractivity contribution in [1.29, 1.82) is 0 Å². The van der Waals surface area contributed by atoms with Gasteiger partial charge in [-0.05, 0) is 55.6 Å². The molecule has 0 N–H and O–H groups in total. The van der Waals surface area contributed by atoms with Crippen LogP contribution in [-0.4, -0.2) is 26.2 Å². The summed E-state index contributed by atoms with van der Waals surface area (Å²) in [6.45, 7) is 4.22. The standard InChI is InChI=1S/C21H24N4/c1-17-8-6-12-22-21(17)20-11-4-5-14-24(20)16-18-9-2-3-10-19(18)25-15-7-13-23-25/h2-3,6-10,12-13,15,20H,4-5,11,14,16H2,1H3. The third kappa shape index (κ3) is 3.35. The zero-order valence-corrected chi connectivity index (χ0v) is 14.7. The number of hydrogen-bond acceptors (Lipinski definition) is 3. The molecule has 1 aliphatic rings. The minimum atomic E-state index is 0.403. The van der Waals surface area contributed by atoms with Crippen LogP contribution in [-0.2, 0) is 6.54 Å². The van der Waals surface area contributed by atoms with Crippen molar-refractivity contribution >= 4 is 0 Å². The normalized spacial score (nSPS) is 18.4. The predicted molar refractivity (Wildman–Crippen MR) is 99.5 cm³/mol. The first kappa shape index (κ1) is 16.0. The minimum absolute atomic E-state index is 0.403. The molecular formula is C21H24N4. The quantitative estimate of drug-likeness (QED) is 0.714. The first-order valence-corrected chi connectivity index (χ1v) is 9.06. The predicted octanol–water partition coefficient (Wildman–Crippen LogP) is 4.30. The number of para-hydroxylation sites is 1. The van der Waals surface area contributed by atoms with E-state index in [4.69, 9.17) is 4.98 Å². The summed E-state index contributed by atoms with van der Waals surface area (Å²) < 4.78 is 1.96. The molecular weight excluding hydrogens is 308 g/mol. The average molecular weight is 332 g/mol. The van der Waals surface area contributed by atoms with Crippen LogP contribution in [0.4, 0.5) is 0 Å². The fourth-order valence-electron chi connectivity index (χ4n) is 3.83. The Labute approximate surface area is 149 Å². The highest BCUT2D eigenvalue weighted by Crippen LogP contribution is 2.33. The van der Waals surface area contributed by atoms with Crippen LogP contribution in [0, 0.1) is 6.92 Å². The molecule has 25 heavy (non-hydrogen) atoms. The molecule has 4 heteroatoms. The van der Waals surface area contributed by atoms with Crippen molar-refractivity contribution in [1.82, 2.24) is 19.7 Å². The highest BCUT2D eigenvalue weighted by atomic mass is 15.3. The van der Waals surface area contributed by atoms with Gasteiger partial charge in [-0.15, -0.1) is 0 Å². The molecule has 1 saturated heterocycles. The first-order chi connectivity index (χ1) is 12.3. The van der Waals surface area contributed by atoms with Crippen molar-refractivity contribution in [2.24, 2.45) is 0 Å². The van der Waals surface area contributed by atoms with E-state index in [1.54, 1.807) is 0 Å². The van der Waals surface area contributed by atoms with Gasteiger partial charge in [0.05, 0.1) is 17.4 Å². The van der Waals surface area contributed by atoms with E-state index in [1.807, 2.05) is 35.4 Å². The van der Waals surface area contributed by atoms with Crippen molar-refractivity contribution in [2.45, 2.75) is 38.8 Å². The summed E-state index contributed by atoms with van der Waals surface area (Å²) in [6, 6.07) is 15.1. The Bertz CT molecular complexity index is 825. The van der Waals surface area contributed by atoms with Crippen molar-refractivity contribution in [3.8, 4) is 5.69 Å². The maximum Gasteiger partial charge on any atom is 0.0690 e. The van der Waals surface area contributed by atoms with E-state index in [0.717, 1.165) is 18.8 Å². The van der Waals surface area contributed by atoms with E-state index < -0.39 is 0 Å². The van der Waals surface area contributed by atoms with Gasteiger partial charge in [0.1, 0.15) is 0 Å². The van der Waals surface area contributed by atoms with Gasteiger partial charge < -0.3 is 0 Å². The number of likely N-dealkylation sites (tertiary alicyclic amines) is 1. The van der Waals surface area contributed by atoms with Gasteiger partial charge in [-0.2, -0.15) is 5.10 Å². The molecule has 0 bridgehead atoms. The Morgan fingerprint density at radius 1 is 1.04 bits per heavy atom. The number of piperidine rings is 1. The van der Waals surface area contributed by atoms with Crippen LogP contribution < -0.4 is 0 Å². The lowest BCUT2D eigenvalue weighted by molar-refractivity contribution is 0.136. The van der Waals surface area contributed by atoms with Gasteiger partial charge in [0, 0.05) is 25.1 Å². The van der Waals surface area contributed by atoms with Gasteiger partial charge >= 0.3 is 0 Å². The Morgan fingerprint density at radius 3 is 2.80 bits per heavy atom. The molecule has 4 rings (SSSR count). The molecule has 1 atom stereocenters. The lowest BCUT2D eigenvalue weighted by atomic mass is 9.95. The Balaban J connectivity index is 1.64. The molecule has 0 radical (unpaired) electrons. The van der Waals surface area contributed by atoms with Crippen LogP contribution in [0.2, 0.25) is 0 Å². The molecule has 4 nitrogen and oxygen atoms in total. The van der Waals surface area contributed by atoms with Crippen LogP contribution in [0.15, 0.2) is 61.1 Å². The van der Waals surface area contributed by atoms with Crippen LogP contribution in [0.3, 0.4) is 0 Å². The molecule has 1 aliphatic heterocycles. The third-order valence-electron chi connectivity index (χ3n) is 5.10. The number of nitrogens with zero attached hydrogens (tertiary/aromatic N) is 4. The topological polar surface area (TPSA) is 34.0 Å². The molecule has 1 unspecified atom stereocenters. The second-order valence-electron chi connectivity index (χ2n) is 6.77. The first-order valence-electron chi connectivity index (χ1n) is 9.06. The smallest absolute Gasteiger partial charge is 0.0690 e. The summed E-state index contributed by atoms with van der Waals surface area (Å²) in [7, 11) is 0. The number of pyridine rings is 1. The SMILES string of the molecule is Cc1cccnc1C1CCCCN1Cc1ccccc1-n1cccn1. The fraction of sp³-hybridized carbons (Fsp3) is 0.333. The van der Waals surface area contributed by atoms with Gasteiger partial charge in [-0.3, -0.25) is 9.88 Å². The highest BCUT2D eigenvalue weighted by molar-refractivity contribution is 5.40. The maximum atomic E-state index is 4.71. The van der Waals surface area contributed by atoms with Crippen LogP contribution in [0.25, 0.3) is 5.69 Å². The third-order valence-corrected chi connectivity index (χ3v) is 5.10. The molecule has 0 amide bonds. The molecule has 0 spiro atoms. The molecule has 1 fully saturated rings. The largest absolute Gasteiger partial charge is 0.290 e. The monoisotopic (exact) mass is 332 g/mol. The van der Waals surface area contributed by atoms with Gasteiger partial charge in [0.15, 0.2) is 0 Å². The van der Waals surface area contributed by atoms with Gasteiger partial charge in [-0.1, -0.05) is 30.7 Å². The summed E-state index contributed by atoms with van der Waals surface area (Å²) in [5.74, 6) is 0. The molecule has 3 heterocycles. The number of rotatable bonds is 4. The van der Waals surface area contributed by atoms with Crippen LogP contribution in [0.1, 0.15) is 42.1 Å². The number of benzene rings is 1. The second kappa shape index (κ2) is 7.19. The fourth-order valence-corrected chi connectivity index (χ4v) is 3.83. The van der Waals surface area contributed by atoms with Crippen molar-refractivity contribution in [3.05, 3.63) is 77.9 Å². The number of aryl methyl sites for hydroxylation is 1. The van der Waals surface area contributed by atoms with E-state index in [-0.39, 0.29) is 0 Å². The van der Waals surface area contributed by atoms with Gasteiger partial charge in [-0.25, -0.2) is 4.68 Å². The molecule has 3 aromatic rings. The zero-order valence-electron chi connectivity index (χ0n) is 14.7. The van der Waals surface area contributed by atoms with Crippen molar-refractivity contribution in [2.75, 3.05) is 6.54 Å². The highest BCUT2D eigenvalue weighted by Gasteiger charge is 2.26. The summed E-state index contributed by atoms with van der Waals surface area (Å²) in [5.41, 5.74) is 5.00. The summed E-state index contributed by atoms with van der Waals surface area (Å²) in [6.07, 6.45) is 9.48. The molecule has 0 saturated carbocycles. The summed E-state index contributed by atoms with van der Waals surface area (Å²) in [5, 5.41) is 4.42. The summed E-state index contributed by atoms with van der Waals surface area (Å²) in [4.78, 5) is 7.29. The lowest BCUT2D eigenvalue weighted by Gasteiger charge is -2.36. The van der Waals surface area contributed by atoms with Crippen molar-refractivity contribution in [3.63, 3.8) is 0 Å².